The first-order valence-electron chi connectivity index (χ1n) is 11.7. The van der Waals surface area contributed by atoms with E-state index >= 15 is 0 Å². The Hall–Kier alpha value is -3.91. The molecule has 36 heavy (non-hydrogen) atoms. The van der Waals surface area contributed by atoms with Gasteiger partial charge in [0.2, 0.25) is 0 Å². The molecule has 3 aromatic rings. The van der Waals surface area contributed by atoms with Gasteiger partial charge in [-0.15, -0.1) is 0 Å². The molecule has 0 aliphatic carbocycles. The second-order valence-corrected chi connectivity index (χ2v) is 8.95. The van der Waals surface area contributed by atoms with E-state index in [2.05, 4.69) is 11.6 Å². The van der Waals surface area contributed by atoms with Gasteiger partial charge < -0.3 is 14.2 Å². The summed E-state index contributed by atoms with van der Waals surface area (Å²) in [5, 5.41) is 0. The van der Waals surface area contributed by atoms with Crippen molar-refractivity contribution in [1.29, 1.82) is 0 Å². The quantitative estimate of drug-likeness (QED) is 0.328. The van der Waals surface area contributed by atoms with Crippen LogP contribution in [0.25, 0.3) is 6.08 Å². The molecule has 0 spiro atoms. The topological polar surface area (TPSA) is 79.1 Å². The van der Waals surface area contributed by atoms with E-state index in [9.17, 15) is 9.59 Å². The van der Waals surface area contributed by atoms with Gasteiger partial charge in [0.25, 0.3) is 5.56 Å². The van der Waals surface area contributed by atoms with Crippen molar-refractivity contribution < 1.29 is 19.0 Å². The zero-order chi connectivity index (χ0) is 25.7. The van der Waals surface area contributed by atoms with E-state index in [4.69, 9.17) is 14.2 Å². The number of nitrogens with zero attached hydrogens (tertiary/aromatic N) is 2. The molecule has 8 heteroatoms. The molecule has 0 bridgehead atoms. The second-order valence-electron chi connectivity index (χ2n) is 7.94. The number of hydrogen-bond donors (Lipinski definition) is 0. The molecule has 0 unspecified atom stereocenters. The van der Waals surface area contributed by atoms with Crippen LogP contribution in [0.1, 0.15) is 37.9 Å². The molecule has 1 aliphatic rings. The van der Waals surface area contributed by atoms with E-state index in [-0.39, 0.29) is 12.2 Å². The number of rotatable bonds is 9. The lowest BCUT2D eigenvalue weighted by molar-refractivity contribution is -0.139. The maximum absolute atomic E-state index is 13.7. The van der Waals surface area contributed by atoms with Crippen LogP contribution in [0.3, 0.4) is 0 Å². The lowest BCUT2D eigenvalue weighted by Gasteiger charge is -2.26. The van der Waals surface area contributed by atoms with Crippen LogP contribution in [0.15, 0.2) is 82.2 Å². The van der Waals surface area contributed by atoms with Crippen molar-refractivity contribution >= 4 is 23.4 Å². The molecule has 186 valence electrons. The molecule has 1 aromatic heterocycles. The monoisotopic (exact) mass is 504 g/mol. The van der Waals surface area contributed by atoms with Crippen LogP contribution in [0.2, 0.25) is 0 Å². The van der Waals surface area contributed by atoms with Gasteiger partial charge in [-0.05, 0) is 50.6 Å². The van der Waals surface area contributed by atoms with Crippen molar-refractivity contribution in [3.05, 3.63) is 103 Å². The Balaban J connectivity index is 1.88. The predicted molar refractivity (Wildman–Crippen MR) is 140 cm³/mol. The van der Waals surface area contributed by atoms with Crippen LogP contribution in [0.5, 0.6) is 11.5 Å². The van der Waals surface area contributed by atoms with Crippen molar-refractivity contribution in [3.63, 3.8) is 0 Å². The normalized spacial score (nSPS) is 15.2. The highest BCUT2D eigenvalue weighted by molar-refractivity contribution is 7.07. The van der Waals surface area contributed by atoms with Gasteiger partial charge in [-0.3, -0.25) is 9.36 Å². The van der Waals surface area contributed by atoms with Crippen LogP contribution in [0.4, 0.5) is 0 Å². The summed E-state index contributed by atoms with van der Waals surface area (Å²) in [5.41, 5.74) is 2.15. The first kappa shape index (κ1) is 25.2. The number of thiazole rings is 1. The van der Waals surface area contributed by atoms with Crippen molar-refractivity contribution in [3.8, 4) is 11.5 Å². The predicted octanol–water partition coefficient (Wildman–Crippen LogP) is 3.76. The van der Waals surface area contributed by atoms with Gasteiger partial charge in [0.05, 0.1) is 29.0 Å². The first-order chi connectivity index (χ1) is 17.5. The Morgan fingerprint density at radius 3 is 2.56 bits per heavy atom. The number of hydrogen-bond acceptors (Lipinski definition) is 7. The van der Waals surface area contributed by atoms with Crippen molar-refractivity contribution in [2.45, 2.75) is 26.8 Å². The maximum Gasteiger partial charge on any atom is 0.338 e. The Morgan fingerprint density at radius 1 is 1.11 bits per heavy atom. The Kier molecular flexibility index (Phi) is 7.85. The fourth-order valence-electron chi connectivity index (χ4n) is 4.05. The lowest BCUT2D eigenvalue weighted by atomic mass is 9.95. The van der Waals surface area contributed by atoms with Crippen LogP contribution < -0.4 is 24.4 Å². The second kappa shape index (κ2) is 11.2. The molecule has 0 N–H and O–H groups in total. The third-order valence-electron chi connectivity index (χ3n) is 5.58. The van der Waals surface area contributed by atoms with Gasteiger partial charge in [0, 0.05) is 5.56 Å². The van der Waals surface area contributed by atoms with Gasteiger partial charge in [0.15, 0.2) is 4.80 Å². The molecule has 4 rings (SSSR count). The van der Waals surface area contributed by atoms with E-state index in [0.717, 1.165) is 11.3 Å². The fraction of sp³-hybridized carbons (Fsp3) is 0.250. The number of esters is 1. The molecule has 2 aromatic carbocycles. The average molecular weight is 505 g/mol. The third-order valence-corrected chi connectivity index (χ3v) is 6.56. The van der Waals surface area contributed by atoms with E-state index < -0.39 is 12.0 Å². The molecule has 0 saturated carbocycles. The van der Waals surface area contributed by atoms with Crippen molar-refractivity contribution in [2.24, 2.45) is 4.99 Å². The summed E-state index contributed by atoms with van der Waals surface area (Å²) in [6, 6.07) is 14.2. The smallest absolute Gasteiger partial charge is 0.338 e. The molecule has 0 fully saturated rings. The largest absolute Gasteiger partial charge is 0.494 e. The van der Waals surface area contributed by atoms with Gasteiger partial charge >= 0.3 is 5.97 Å². The molecule has 7 nitrogen and oxygen atoms in total. The number of allylic oxidation sites excluding steroid dienone is 1. The standard InChI is InChI=1S/C28H28N2O5S/c1-5-16-35-20-14-12-19(13-15-20)17-23-26(31)30-25(21-10-8-9-11-22(21)33-6-2)24(27(32)34-7-3)18(4)29-28(30)36-23/h5,8-15,17,25H,1,6-7,16H2,2-4H3/b23-17-/t25-/m0/s1. The van der Waals surface area contributed by atoms with Gasteiger partial charge in [-0.25, -0.2) is 9.79 Å². The Bertz CT molecular complexity index is 1480. The van der Waals surface area contributed by atoms with Crippen LogP contribution in [-0.2, 0) is 9.53 Å². The minimum atomic E-state index is -0.722. The summed E-state index contributed by atoms with van der Waals surface area (Å²) in [4.78, 5) is 31.9. The average Bonchev–Trinajstić information content (AvgIpc) is 3.17. The summed E-state index contributed by atoms with van der Waals surface area (Å²) in [6.45, 7) is 10.1. The fourth-order valence-corrected chi connectivity index (χ4v) is 5.09. The van der Waals surface area contributed by atoms with Crippen molar-refractivity contribution in [2.75, 3.05) is 19.8 Å². The maximum atomic E-state index is 13.7. The number of ether oxygens (including phenoxy) is 3. The number of aromatic nitrogens is 1. The zero-order valence-corrected chi connectivity index (χ0v) is 21.3. The summed E-state index contributed by atoms with van der Waals surface area (Å²) < 4.78 is 18.8. The minimum absolute atomic E-state index is 0.215. The molecular formula is C28H28N2O5S. The highest BCUT2D eigenvalue weighted by Gasteiger charge is 2.35. The highest BCUT2D eigenvalue weighted by Crippen LogP contribution is 2.35. The Morgan fingerprint density at radius 2 is 1.86 bits per heavy atom. The molecule has 2 heterocycles. The number of benzene rings is 2. The Labute approximate surface area is 213 Å². The van der Waals surface area contributed by atoms with E-state index in [0.29, 0.717) is 45.1 Å². The summed E-state index contributed by atoms with van der Waals surface area (Å²) >= 11 is 1.28. The molecule has 1 atom stereocenters. The van der Waals surface area contributed by atoms with Crippen LogP contribution >= 0.6 is 11.3 Å². The molecule has 0 saturated heterocycles. The molecule has 0 amide bonds. The van der Waals surface area contributed by atoms with Gasteiger partial charge in [0.1, 0.15) is 24.1 Å². The number of fused-ring (bicyclic) bond motifs is 1. The van der Waals surface area contributed by atoms with Gasteiger partial charge in [-0.2, -0.15) is 0 Å². The van der Waals surface area contributed by atoms with Crippen molar-refractivity contribution in [1.82, 2.24) is 4.57 Å². The van der Waals surface area contributed by atoms with Crippen LogP contribution in [-0.4, -0.2) is 30.4 Å². The van der Waals surface area contributed by atoms with E-state index in [1.165, 1.54) is 11.3 Å². The SMILES string of the molecule is C=CCOc1ccc(/C=c2\sc3n(c2=O)[C@@H](c2ccccc2OCC)C(C(=O)OCC)=C(C)N=3)cc1. The van der Waals surface area contributed by atoms with Gasteiger partial charge in [-0.1, -0.05) is 54.3 Å². The first-order valence-corrected chi connectivity index (χ1v) is 12.5. The number of carbonyl (C=O) groups excluding carboxylic acids is 1. The lowest BCUT2D eigenvalue weighted by Crippen LogP contribution is -2.40. The number of para-hydroxylation sites is 1. The number of carbonyl (C=O) groups is 1. The van der Waals surface area contributed by atoms with Crippen LogP contribution in [0, 0.1) is 0 Å². The van der Waals surface area contributed by atoms with E-state index in [1.807, 2.05) is 61.5 Å². The summed E-state index contributed by atoms with van der Waals surface area (Å²) in [6.07, 6.45) is 3.50. The summed E-state index contributed by atoms with van der Waals surface area (Å²) in [7, 11) is 0. The zero-order valence-electron chi connectivity index (χ0n) is 20.5. The molecular weight excluding hydrogens is 476 g/mol. The molecule has 0 radical (unpaired) electrons. The minimum Gasteiger partial charge on any atom is -0.494 e. The highest BCUT2D eigenvalue weighted by atomic mass is 32.1. The summed E-state index contributed by atoms with van der Waals surface area (Å²) in [5.74, 6) is 0.821. The third kappa shape index (κ3) is 5.04. The molecule has 1 aliphatic heterocycles. The van der Waals surface area contributed by atoms with E-state index in [1.54, 1.807) is 24.5 Å².